The van der Waals surface area contributed by atoms with Gasteiger partial charge in [0.15, 0.2) is 5.13 Å². The molecule has 0 fully saturated rings. The average Bonchev–Trinajstić information content (AvgIpc) is 3.23. The Labute approximate surface area is 193 Å². The molecule has 0 bridgehead atoms. The zero-order valence-corrected chi connectivity index (χ0v) is 18.6. The summed E-state index contributed by atoms with van der Waals surface area (Å²) in [6.07, 6.45) is 0. The minimum Gasteiger partial charge on any atom is -0.492 e. The highest BCUT2D eigenvalue weighted by Gasteiger charge is 2.26. The molecule has 0 spiro atoms. The van der Waals surface area contributed by atoms with Gasteiger partial charge in [-0.25, -0.2) is 4.98 Å². The zero-order valence-electron chi connectivity index (χ0n) is 17.0. The number of carbonyl (C=O) groups excluding carboxylic acids is 1. The number of thiazole rings is 1. The highest BCUT2D eigenvalue weighted by atomic mass is 35.5. The summed E-state index contributed by atoms with van der Waals surface area (Å²) in [6, 6.07) is 18.9. The van der Waals surface area contributed by atoms with Crippen molar-refractivity contribution in [2.24, 2.45) is 0 Å². The largest absolute Gasteiger partial charge is 0.492 e. The number of halogens is 1. The van der Waals surface area contributed by atoms with Crippen LogP contribution in [0.2, 0.25) is 5.02 Å². The number of hydrogen-bond donors (Lipinski definition) is 0. The van der Waals surface area contributed by atoms with E-state index in [1.165, 1.54) is 34.4 Å². The molecule has 1 amide bonds. The van der Waals surface area contributed by atoms with Gasteiger partial charge in [0.05, 0.1) is 33.4 Å². The SMILES string of the molecule is CCOc1cccc2sc(N(Cc3ccccc3)C(=O)c3cc([N+](=O)[O-])ccc3Cl)nc12. The lowest BCUT2D eigenvalue weighted by Gasteiger charge is -2.20. The standard InChI is InChI=1S/C23H18ClN3O4S/c1-2-31-19-9-6-10-20-21(19)25-23(32-20)26(14-15-7-4-3-5-8-15)22(28)17-13-16(27(29)30)11-12-18(17)24/h3-13H,2,14H2,1H3. The fourth-order valence-electron chi connectivity index (χ4n) is 3.23. The Morgan fingerprint density at radius 2 is 1.94 bits per heavy atom. The van der Waals surface area contributed by atoms with Crippen molar-refractivity contribution >= 4 is 49.9 Å². The molecule has 7 nitrogen and oxygen atoms in total. The number of hydrogen-bond acceptors (Lipinski definition) is 6. The first-order chi connectivity index (χ1) is 15.5. The first-order valence-electron chi connectivity index (χ1n) is 9.80. The third-order valence-electron chi connectivity index (χ3n) is 4.72. The smallest absolute Gasteiger partial charge is 0.270 e. The van der Waals surface area contributed by atoms with Crippen molar-refractivity contribution in [3.05, 3.63) is 93.0 Å². The van der Waals surface area contributed by atoms with E-state index in [0.29, 0.717) is 23.0 Å². The van der Waals surface area contributed by atoms with Gasteiger partial charge in [-0.1, -0.05) is 59.3 Å². The van der Waals surface area contributed by atoms with Crippen LogP contribution in [0.3, 0.4) is 0 Å². The molecule has 1 aromatic heterocycles. The van der Waals surface area contributed by atoms with Crippen molar-refractivity contribution in [1.29, 1.82) is 0 Å². The number of fused-ring (bicyclic) bond motifs is 1. The molecule has 0 aliphatic heterocycles. The number of amides is 1. The minimum absolute atomic E-state index is 0.0427. The van der Waals surface area contributed by atoms with Crippen LogP contribution in [0.4, 0.5) is 10.8 Å². The Morgan fingerprint density at radius 3 is 2.66 bits per heavy atom. The van der Waals surface area contributed by atoms with Gasteiger partial charge in [0, 0.05) is 12.1 Å². The van der Waals surface area contributed by atoms with Crippen molar-refractivity contribution in [3.63, 3.8) is 0 Å². The summed E-state index contributed by atoms with van der Waals surface area (Å²) in [7, 11) is 0. The number of aromatic nitrogens is 1. The van der Waals surface area contributed by atoms with E-state index in [4.69, 9.17) is 16.3 Å². The van der Waals surface area contributed by atoms with E-state index in [1.807, 2.05) is 55.5 Å². The molecule has 0 aliphatic carbocycles. The lowest BCUT2D eigenvalue weighted by Crippen LogP contribution is -2.30. The topological polar surface area (TPSA) is 85.6 Å². The lowest BCUT2D eigenvalue weighted by atomic mass is 10.1. The van der Waals surface area contributed by atoms with Crippen LogP contribution in [0, 0.1) is 10.1 Å². The number of rotatable bonds is 7. The van der Waals surface area contributed by atoms with E-state index in [0.717, 1.165) is 10.3 Å². The summed E-state index contributed by atoms with van der Waals surface area (Å²) >= 11 is 7.61. The van der Waals surface area contributed by atoms with Crippen LogP contribution >= 0.6 is 22.9 Å². The third kappa shape index (κ3) is 4.42. The van der Waals surface area contributed by atoms with Crippen LogP contribution in [0.25, 0.3) is 10.2 Å². The number of benzene rings is 3. The van der Waals surface area contributed by atoms with Gasteiger partial charge in [-0.3, -0.25) is 19.8 Å². The van der Waals surface area contributed by atoms with E-state index in [1.54, 1.807) is 0 Å². The molecular weight excluding hydrogens is 450 g/mol. The summed E-state index contributed by atoms with van der Waals surface area (Å²) in [5.74, 6) is 0.160. The number of nitrogens with zero attached hydrogens (tertiary/aromatic N) is 3. The molecule has 4 aromatic rings. The fraction of sp³-hybridized carbons (Fsp3) is 0.130. The monoisotopic (exact) mass is 467 g/mol. The molecule has 0 saturated carbocycles. The number of anilines is 1. The molecule has 162 valence electrons. The number of ether oxygens (including phenoxy) is 1. The van der Waals surface area contributed by atoms with Crippen LogP contribution in [0.5, 0.6) is 5.75 Å². The Bertz CT molecular complexity index is 1290. The van der Waals surface area contributed by atoms with Crippen LogP contribution in [0.15, 0.2) is 66.7 Å². The van der Waals surface area contributed by atoms with Crippen molar-refractivity contribution in [1.82, 2.24) is 4.98 Å². The summed E-state index contributed by atoms with van der Waals surface area (Å²) in [4.78, 5) is 30.4. The maximum atomic E-state index is 13.6. The summed E-state index contributed by atoms with van der Waals surface area (Å²) in [5.41, 5.74) is 1.37. The molecule has 32 heavy (non-hydrogen) atoms. The molecule has 0 atom stereocenters. The molecule has 4 rings (SSSR count). The second-order valence-corrected chi connectivity index (χ2v) is 8.25. The van der Waals surface area contributed by atoms with Crippen molar-refractivity contribution in [2.75, 3.05) is 11.5 Å². The lowest BCUT2D eigenvalue weighted by molar-refractivity contribution is -0.384. The molecular formula is C23H18ClN3O4S. The van der Waals surface area contributed by atoms with Gasteiger partial charge in [0.1, 0.15) is 11.3 Å². The van der Waals surface area contributed by atoms with Crippen LogP contribution < -0.4 is 9.64 Å². The average molecular weight is 468 g/mol. The minimum atomic E-state index is -0.555. The van der Waals surface area contributed by atoms with Crippen molar-refractivity contribution in [3.8, 4) is 5.75 Å². The fourth-order valence-corrected chi connectivity index (χ4v) is 4.41. The van der Waals surface area contributed by atoms with Crippen LogP contribution in [-0.2, 0) is 6.54 Å². The Kier molecular flexibility index (Phi) is 6.34. The third-order valence-corrected chi connectivity index (χ3v) is 6.09. The molecule has 3 aromatic carbocycles. The maximum absolute atomic E-state index is 13.6. The van der Waals surface area contributed by atoms with E-state index in [9.17, 15) is 14.9 Å². The van der Waals surface area contributed by atoms with Crippen LogP contribution in [0.1, 0.15) is 22.8 Å². The van der Waals surface area contributed by atoms with Gasteiger partial charge in [-0.05, 0) is 30.7 Å². The maximum Gasteiger partial charge on any atom is 0.270 e. The Balaban J connectivity index is 1.82. The predicted molar refractivity (Wildman–Crippen MR) is 126 cm³/mol. The number of nitro groups is 1. The first kappa shape index (κ1) is 21.7. The summed E-state index contributed by atoms with van der Waals surface area (Å²) < 4.78 is 6.54. The summed E-state index contributed by atoms with van der Waals surface area (Å²) in [5, 5.41) is 11.8. The van der Waals surface area contributed by atoms with Gasteiger partial charge >= 0.3 is 0 Å². The van der Waals surface area contributed by atoms with E-state index >= 15 is 0 Å². The highest BCUT2D eigenvalue weighted by Crippen LogP contribution is 2.36. The molecule has 1 heterocycles. The molecule has 0 saturated heterocycles. The summed E-state index contributed by atoms with van der Waals surface area (Å²) in [6.45, 7) is 2.60. The number of carbonyl (C=O) groups is 1. The van der Waals surface area contributed by atoms with E-state index in [2.05, 4.69) is 4.98 Å². The molecule has 0 radical (unpaired) electrons. The van der Waals surface area contributed by atoms with Gasteiger partial charge in [-0.2, -0.15) is 0 Å². The second kappa shape index (κ2) is 9.33. The highest BCUT2D eigenvalue weighted by molar-refractivity contribution is 7.22. The van der Waals surface area contributed by atoms with Gasteiger partial charge in [0.25, 0.3) is 11.6 Å². The second-order valence-electron chi connectivity index (χ2n) is 6.83. The molecule has 0 N–H and O–H groups in total. The zero-order chi connectivity index (χ0) is 22.7. The van der Waals surface area contributed by atoms with Gasteiger partial charge in [0.2, 0.25) is 0 Å². The van der Waals surface area contributed by atoms with Crippen molar-refractivity contribution in [2.45, 2.75) is 13.5 Å². The number of para-hydroxylation sites is 1. The van der Waals surface area contributed by atoms with Gasteiger partial charge < -0.3 is 4.74 Å². The van der Waals surface area contributed by atoms with Gasteiger partial charge in [-0.15, -0.1) is 0 Å². The van der Waals surface area contributed by atoms with E-state index in [-0.39, 0.29) is 22.8 Å². The molecule has 0 unspecified atom stereocenters. The van der Waals surface area contributed by atoms with E-state index < -0.39 is 10.8 Å². The normalized spacial score (nSPS) is 10.8. The molecule has 9 heteroatoms. The van der Waals surface area contributed by atoms with Crippen molar-refractivity contribution < 1.29 is 14.5 Å². The Morgan fingerprint density at radius 1 is 1.16 bits per heavy atom. The predicted octanol–water partition coefficient (Wildman–Crippen LogP) is 6.10. The molecule has 0 aliphatic rings. The first-order valence-corrected chi connectivity index (χ1v) is 11.0. The van der Waals surface area contributed by atoms with Crippen LogP contribution in [-0.4, -0.2) is 22.4 Å². The Hall–Kier alpha value is -3.49. The number of nitro benzene ring substituents is 1. The quantitative estimate of drug-likeness (QED) is 0.242. The number of non-ortho nitro benzene ring substituents is 1.